The predicted molar refractivity (Wildman–Crippen MR) is 79.0 cm³/mol. The molecule has 0 aromatic rings. The Balaban J connectivity index is 1.49. The molecular formula is C17H25NO4. The monoisotopic (exact) mass is 307 g/mol. The molecule has 1 aliphatic heterocycles. The van der Waals surface area contributed by atoms with Crippen LogP contribution in [0.4, 0.5) is 0 Å². The van der Waals surface area contributed by atoms with E-state index in [1.54, 1.807) is 0 Å². The van der Waals surface area contributed by atoms with Gasteiger partial charge in [-0.05, 0) is 61.7 Å². The minimum atomic E-state index is -0.990. The molecule has 0 spiro atoms. The van der Waals surface area contributed by atoms with Crippen LogP contribution in [0.15, 0.2) is 0 Å². The summed E-state index contributed by atoms with van der Waals surface area (Å²) < 4.78 is 0. The lowest BCUT2D eigenvalue weighted by Gasteiger charge is -2.57. The first-order valence-corrected chi connectivity index (χ1v) is 8.64. The zero-order chi connectivity index (χ0) is 15.5. The van der Waals surface area contributed by atoms with Gasteiger partial charge in [0, 0.05) is 19.4 Å². The van der Waals surface area contributed by atoms with Crippen LogP contribution in [0.2, 0.25) is 0 Å². The van der Waals surface area contributed by atoms with Crippen molar-refractivity contribution in [2.24, 2.45) is 23.2 Å². The molecule has 122 valence electrons. The van der Waals surface area contributed by atoms with Gasteiger partial charge in [0.15, 0.2) is 0 Å². The quantitative estimate of drug-likeness (QED) is 0.831. The van der Waals surface area contributed by atoms with E-state index in [2.05, 4.69) is 0 Å². The fourth-order valence-electron chi connectivity index (χ4n) is 6.25. The van der Waals surface area contributed by atoms with Crippen LogP contribution in [-0.4, -0.2) is 45.7 Å². The van der Waals surface area contributed by atoms with E-state index >= 15 is 0 Å². The molecule has 1 heterocycles. The summed E-state index contributed by atoms with van der Waals surface area (Å²) in [6, 6.07) is -0.837. The molecule has 5 rings (SSSR count). The molecule has 0 aromatic heterocycles. The summed E-state index contributed by atoms with van der Waals surface area (Å²) in [6.45, 7) is 0.183. The Bertz CT molecular complexity index is 468. The maximum Gasteiger partial charge on any atom is 0.326 e. The molecule has 4 saturated carbocycles. The van der Waals surface area contributed by atoms with Gasteiger partial charge in [0.1, 0.15) is 6.04 Å². The smallest absolute Gasteiger partial charge is 0.326 e. The fourth-order valence-corrected chi connectivity index (χ4v) is 6.25. The second-order valence-electron chi connectivity index (χ2n) is 8.38. The van der Waals surface area contributed by atoms with Crippen LogP contribution in [0.25, 0.3) is 0 Å². The number of carboxylic acids is 1. The Labute approximate surface area is 130 Å². The third-order valence-corrected chi connectivity index (χ3v) is 6.58. The summed E-state index contributed by atoms with van der Waals surface area (Å²) in [7, 11) is 0. The molecule has 5 aliphatic rings. The zero-order valence-corrected chi connectivity index (χ0v) is 12.9. The fraction of sp³-hybridized carbons (Fsp3) is 0.882. The van der Waals surface area contributed by atoms with Crippen molar-refractivity contribution in [2.75, 3.05) is 6.54 Å². The number of rotatable bonds is 3. The first kappa shape index (κ1) is 14.5. The lowest BCUT2D eigenvalue weighted by molar-refractivity contribution is -0.151. The van der Waals surface area contributed by atoms with Gasteiger partial charge in [0.05, 0.1) is 6.10 Å². The molecule has 0 radical (unpaired) electrons. The number of likely N-dealkylation sites (tertiary alicyclic amines) is 1. The van der Waals surface area contributed by atoms with Gasteiger partial charge < -0.3 is 15.1 Å². The van der Waals surface area contributed by atoms with Crippen LogP contribution >= 0.6 is 0 Å². The second-order valence-corrected chi connectivity index (χ2v) is 8.38. The average molecular weight is 307 g/mol. The molecule has 0 aromatic carbocycles. The summed E-state index contributed by atoms with van der Waals surface area (Å²) in [4.78, 5) is 25.5. The highest BCUT2D eigenvalue weighted by atomic mass is 16.4. The highest BCUT2D eigenvalue weighted by molar-refractivity contribution is 5.84. The highest BCUT2D eigenvalue weighted by Crippen LogP contribution is 2.61. The maximum atomic E-state index is 12.7. The molecule has 5 heteroatoms. The van der Waals surface area contributed by atoms with Crippen LogP contribution in [0.3, 0.4) is 0 Å². The molecule has 5 nitrogen and oxygen atoms in total. The van der Waals surface area contributed by atoms with Crippen LogP contribution in [0.5, 0.6) is 0 Å². The van der Waals surface area contributed by atoms with Gasteiger partial charge in [-0.1, -0.05) is 0 Å². The molecule has 0 unspecified atom stereocenters. The SMILES string of the molecule is O=C(O)[C@H]1C[C@@H](O)CN1C(=O)CC12CC3CC(CC(C3)C1)C2. The largest absolute Gasteiger partial charge is 0.480 e. The lowest BCUT2D eigenvalue weighted by atomic mass is 9.49. The van der Waals surface area contributed by atoms with Gasteiger partial charge in [-0.3, -0.25) is 4.79 Å². The molecule has 22 heavy (non-hydrogen) atoms. The number of hydrogen-bond donors (Lipinski definition) is 2. The number of carbonyl (C=O) groups is 2. The number of nitrogens with zero attached hydrogens (tertiary/aromatic N) is 1. The lowest BCUT2D eigenvalue weighted by Crippen LogP contribution is -2.49. The van der Waals surface area contributed by atoms with E-state index in [1.165, 1.54) is 24.2 Å². The summed E-state index contributed by atoms with van der Waals surface area (Å²) >= 11 is 0. The van der Waals surface area contributed by atoms with E-state index in [4.69, 9.17) is 0 Å². The Kier molecular flexibility index (Phi) is 3.26. The molecule has 1 amide bonds. The van der Waals surface area contributed by atoms with Gasteiger partial charge >= 0.3 is 5.97 Å². The first-order chi connectivity index (χ1) is 10.4. The second kappa shape index (κ2) is 4.95. The molecule has 4 bridgehead atoms. The van der Waals surface area contributed by atoms with Gasteiger partial charge in [-0.15, -0.1) is 0 Å². The van der Waals surface area contributed by atoms with E-state index in [-0.39, 0.29) is 24.3 Å². The van der Waals surface area contributed by atoms with Crippen molar-refractivity contribution < 1.29 is 19.8 Å². The van der Waals surface area contributed by atoms with Crippen molar-refractivity contribution >= 4 is 11.9 Å². The predicted octanol–water partition coefficient (Wildman–Crippen LogP) is 1.64. The third-order valence-electron chi connectivity index (χ3n) is 6.58. The minimum absolute atomic E-state index is 0.0501. The summed E-state index contributed by atoms with van der Waals surface area (Å²) in [5, 5.41) is 19.0. The topological polar surface area (TPSA) is 77.8 Å². The summed E-state index contributed by atoms with van der Waals surface area (Å²) in [6.07, 6.45) is 7.45. The highest BCUT2D eigenvalue weighted by Gasteiger charge is 2.52. The first-order valence-electron chi connectivity index (χ1n) is 8.64. The van der Waals surface area contributed by atoms with Gasteiger partial charge in [-0.2, -0.15) is 0 Å². The number of carboxylic acid groups (broad SMARTS) is 1. The van der Waals surface area contributed by atoms with E-state index in [0.29, 0.717) is 6.42 Å². The van der Waals surface area contributed by atoms with Crippen LogP contribution in [0, 0.1) is 23.2 Å². The van der Waals surface area contributed by atoms with Crippen molar-refractivity contribution in [3.8, 4) is 0 Å². The van der Waals surface area contributed by atoms with Crippen molar-refractivity contribution in [1.29, 1.82) is 0 Å². The Hall–Kier alpha value is -1.10. The van der Waals surface area contributed by atoms with Crippen LogP contribution in [-0.2, 0) is 9.59 Å². The van der Waals surface area contributed by atoms with Crippen molar-refractivity contribution in [1.82, 2.24) is 4.90 Å². The summed E-state index contributed by atoms with van der Waals surface area (Å²) in [5.74, 6) is 1.33. The Morgan fingerprint density at radius 3 is 2.05 bits per heavy atom. The number of aliphatic carboxylic acids is 1. The molecule has 2 N–H and O–H groups in total. The zero-order valence-electron chi connectivity index (χ0n) is 12.9. The van der Waals surface area contributed by atoms with E-state index in [1.807, 2.05) is 0 Å². The maximum absolute atomic E-state index is 12.7. The van der Waals surface area contributed by atoms with Crippen molar-refractivity contribution in [2.45, 2.75) is 63.5 Å². The number of amides is 1. The number of hydrogen-bond acceptors (Lipinski definition) is 3. The normalized spacial score (nSPS) is 46.2. The number of aliphatic hydroxyl groups is 1. The van der Waals surface area contributed by atoms with Crippen molar-refractivity contribution in [3.05, 3.63) is 0 Å². The molecule has 2 atom stereocenters. The molecule has 1 saturated heterocycles. The van der Waals surface area contributed by atoms with E-state index in [9.17, 15) is 19.8 Å². The number of aliphatic hydroxyl groups excluding tert-OH is 1. The molecular weight excluding hydrogens is 282 g/mol. The van der Waals surface area contributed by atoms with E-state index in [0.717, 1.165) is 37.0 Å². The third kappa shape index (κ3) is 2.34. The summed E-state index contributed by atoms with van der Waals surface area (Å²) in [5.41, 5.74) is 0.127. The number of carbonyl (C=O) groups excluding carboxylic acids is 1. The Morgan fingerprint density at radius 1 is 1.00 bits per heavy atom. The Morgan fingerprint density at radius 2 is 1.55 bits per heavy atom. The molecule has 5 fully saturated rings. The minimum Gasteiger partial charge on any atom is -0.480 e. The van der Waals surface area contributed by atoms with Crippen LogP contribution in [0.1, 0.15) is 51.4 Å². The van der Waals surface area contributed by atoms with Gasteiger partial charge in [0.2, 0.25) is 5.91 Å². The van der Waals surface area contributed by atoms with Crippen LogP contribution < -0.4 is 0 Å². The number of β-amino-alcohol motifs (C(OH)–C–C–N with tert-alkyl or cyclic N) is 1. The average Bonchev–Trinajstić information content (AvgIpc) is 2.79. The van der Waals surface area contributed by atoms with E-state index < -0.39 is 18.1 Å². The standard InChI is InChI=1S/C17H25NO4/c19-13-4-14(16(21)22)18(9-13)15(20)8-17-5-10-1-11(6-17)3-12(2-10)7-17/h10-14,19H,1-9H2,(H,21,22)/t10?,11?,12?,13-,14-,17?/m1/s1. The van der Waals surface area contributed by atoms with Gasteiger partial charge in [0.25, 0.3) is 0 Å². The van der Waals surface area contributed by atoms with Gasteiger partial charge in [-0.25, -0.2) is 4.79 Å². The van der Waals surface area contributed by atoms with Crippen molar-refractivity contribution in [3.63, 3.8) is 0 Å². The molecule has 4 aliphatic carbocycles.